The summed E-state index contributed by atoms with van der Waals surface area (Å²) in [5.74, 6) is 0.295. The number of aryl methyl sites for hydroxylation is 1. The first-order valence-corrected chi connectivity index (χ1v) is 11.2. The quantitative estimate of drug-likeness (QED) is 0.509. The predicted octanol–water partition coefficient (Wildman–Crippen LogP) is 4.44. The van der Waals surface area contributed by atoms with Crippen molar-refractivity contribution >= 4 is 12.0 Å². The van der Waals surface area contributed by atoms with Gasteiger partial charge in [0.25, 0.3) is 0 Å². The number of carbonyl (C=O) groups is 2. The SMILES string of the molecule is CCCOc1ccc(-c2nn(-c3ccccc3)cc2C2NC(=O)NC(C)=C2C(=O)OC)cc1C. The molecule has 2 aromatic carbocycles. The lowest BCUT2D eigenvalue weighted by Gasteiger charge is -2.27. The van der Waals surface area contributed by atoms with Crippen molar-refractivity contribution in [3.05, 3.63) is 77.1 Å². The van der Waals surface area contributed by atoms with E-state index >= 15 is 0 Å². The molecule has 0 spiro atoms. The van der Waals surface area contributed by atoms with E-state index in [2.05, 4.69) is 17.6 Å². The summed E-state index contributed by atoms with van der Waals surface area (Å²) in [6, 6.07) is 14.4. The Hall–Kier alpha value is -4.07. The lowest BCUT2D eigenvalue weighted by atomic mass is 9.93. The molecule has 34 heavy (non-hydrogen) atoms. The lowest BCUT2D eigenvalue weighted by molar-refractivity contribution is -0.136. The maximum Gasteiger partial charge on any atom is 0.337 e. The van der Waals surface area contributed by atoms with Crippen molar-refractivity contribution in [2.75, 3.05) is 13.7 Å². The molecular formula is C26H28N4O4. The third kappa shape index (κ3) is 4.52. The van der Waals surface area contributed by atoms with Crippen LogP contribution in [0.5, 0.6) is 5.75 Å². The summed E-state index contributed by atoms with van der Waals surface area (Å²) in [5, 5.41) is 10.4. The van der Waals surface area contributed by atoms with Gasteiger partial charge in [-0.1, -0.05) is 25.1 Å². The highest BCUT2D eigenvalue weighted by Gasteiger charge is 2.35. The Labute approximate surface area is 198 Å². The Morgan fingerprint density at radius 2 is 1.91 bits per heavy atom. The summed E-state index contributed by atoms with van der Waals surface area (Å²) < 4.78 is 12.6. The number of allylic oxidation sites excluding steroid dienone is 1. The van der Waals surface area contributed by atoms with Gasteiger partial charge >= 0.3 is 12.0 Å². The molecule has 1 atom stereocenters. The predicted molar refractivity (Wildman–Crippen MR) is 129 cm³/mol. The Bertz CT molecular complexity index is 1250. The van der Waals surface area contributed by atoms with Gasteiger partial charge in [0, 0.05) is 23.0 Å². The Kier molecular flexibility index (Phi) is 6.67. The van der Waals surface area contributed by atoms with Crippen LogP contribution in [0.25, 0.3) is 16.9 Å². The molecule has 176 valence electrons. The van der Waals surface area contributed by atoms with E-state index in [9.17, 15) is 9.59 Å². The summed E-state index contributed by atoms with van der Waals surface area (Å²) in [4.78, 5) is 25.1. The number of benzene rings is 2. The van der Waals surface area contributed by atoms with E-state index in [1.165, 1.54) is 7.11 Å². The number of nitrogens with one attached hydrogen (secondary N) is 2. The number of esters is 1. The number of carbonyl (C=O) groups excluding carboxylic acids is 2. The number of amides is 2. The summed E-state index contributed by atoms with van der Waals surface area (Å²) in [7, 11) is 1.32. The number of hydrogen-bond acceptors (Lipinski definition) is 5. The molecule has 1 aliphatic heterocycles. The molecule has 1 unspecified atom stereocenters. The van der Waals surface area contributed by atoms with Gasteiger partial charge in [-0.3, -0.25) is 0 Å². The zero-order valence-electron chi connectivity index (χ0n) is 19.7. The van der Waals surface area contributed by atoms with Gasteiger partial charge in [-0.15, -0.1) is 0 Å². The fourth-order valence-corrected chi connectivity index (χ4v) is 4.01. The maximum absolute atomic E-state index is 12.7. The Balaban J connectivity index is 1.88. The van der Waals surface area contributed by atoms with Crippen LogP contribution in [0.3, 0.4) is 0 Å². The minimum Gasteiger partial charge on any atom is -0.493 e. The van der Waals surface area contributed by atoms with Crippen molar-refractivity contribution in [1.29, 1.82) is 0 Å². The molecule has 8 nitrogen and oxygen atoms in total. The molecule has 0 fully saturated rings. The average molecular weight is 461 g/mol. The molecule has 2 amide bonds. The smallest absolute Gasteiger partial charge is 0.337 e. The van der Waals surface area contributed by atoms with Crippen molar-refractivity contribution in [1.82, 2.24) is 20.4 Å². The zero-order chi connectivity index (χ0) is 24.2. The fraction of sp³-hybridized carbons (Fsp3) is 0.269. The molecule has 1 aromatic heterocycles. The molecule has 2 heterocycles. The minimum atomic E-state index is -0.731. The molecule has 0 bridgehead atoms. The highest BCUT2D eigenvalue weighted by Crippen LogP contribution is 2.36. The minimum absolute atomic E-state index is 0.329. The van der Waals surface area contributed by atoms with Crippen molar-refractivity contribution < 1.29 is 19.1 Å². The first kappa shape index (κ1) is 23.1. The Morgan fingerprint density at radius 3 is 2.59 bits per heavy atom. The van der Waals surface area contributed by atoms with Crippen LogP contribution in [0, 0.1) is 6.92 Å². The van der Waals surface area contributed by atoms with E-state index in [0.717, 1.165) is 29.0 Å². The largest absolute Gasteiger partial charge is 0.493 e. The molecule has 4 rings (SSSR count). The fourth-order valence-electron chi connectivity index (χ4n) is 4.01. The lowest BCUT2D eigenvalue weighted by Crippen LogP contribution is -2.45. The second-order valence-electron chi connectivity index (χ2n) is 8.10. The first-order valence-electron chi connectivity index (χ1n) is 11.2. The molecule has 2 N–H and O–H groups in total. The van der Waals surface area contributed by atoms with Crippen LogP contribution in [0.4, 0.5) is 4.79 Å². The molecule has 1 aliphatic rings. The van der Waals surface area contributed by atoms with Gasteiger partial charge < -0.3 is 20.1 Å². The summed E-state index contributed by atoms with van der Waals surface area (Å²) >= 11 is 0. The number of para-hydroxylation sites is 1. The average Bonchev–Trinajstić information content (AvgIpc) is 3.28. The normalized spacial score (nSPS) is 15.5. The number of nitrogens with zero attached hydrogens (tertiary/aromatic N) is 2. The van der Waals surface area contributed by atoms with Crippen molar-refractivity contribution in [2.45, 2.75) is 33.2 Å². The number of urea groups is 1. The number of methoxy groups -OCH3 is 1. The maximum atomic E-state index is 12.7. The number of hydrogen-bond donors (Lipinski definition) is 2. The Morgan fingerprint density at radius 1 is 1.15 bits per heavy atom. The molecule has 3 aromatic rings. The van der Waals surface area contributed by atoms with Crippen molar-refractivity contribution in [3.8, 4) is 22.7 Å². The van der Waals surface area contributed by atoms with Gasteiger partial charge in [-0.05, 0) is 56.2 Å². The van der Waals surface area contributed by atoms with Crippen molar-refractivity contribution in [2.24, 2.45) is 0 Å². The van der Waals surface area contributed by atoms with E-state index in [1.54, 1.807) is 11.6 Å². The summed E-state index contributed by atoms with van der Waals surface area (Å²) in [6.45, 7) is 6.37. The highest BCUT2D eigenvalue weighted by atomic mass is 16.5. The van der Waals surface area contributed by atoms with Crippen LogP contribution in [-0.2, 0) is 9.53 Å². The second kappa shape index (κ2) is 9.82. The monoisotopic (exact) mass is 460 g/mol. The highest BCUT2D eigenvalue weighted by molar-refractivity contribution is 5.95. The molecule has 0 aliphatic carbocycles. The molecule has 0 radical (unpaired) electrons. The number of ether oxygens (including phenoxy) is 2. The molecule has 0 saturated heterocycles. The van der Waals surface area contributed by atoms with Gasteiger partial charge in [0.2, 0.25) is 0 Å². The van der Waals surface area contributed by atoms with Crippen LogP contribution < -0.4 is 15.4 Å². The summed E-state index contributed by atoms with van der Waals surface area (Å²) in [5.41, 5.74) is 4.78. The van der Waals surface area contributed by atoms with Gasteiger partial charge in [0.15, 0.2) is 0 Å². The summed E-state index contributed by atoms with van der Waals surface area (Å²) in [6.07, 6.45) is 2.76. The van der Waals surface area contributed by atoms with Gasteiger partial charge in [0.05, 0.1) is 36.7 Å². The van der Waals surface area contributed by atoms with E-state index in [0.29, 0.717) is 29.1 Å². The van der Waals surface area contributed by atoms with Gasteiger partial charge in [-0.25, -0.2) is 14.3 Å². The van der Waals surface area contributed by atoms with Crippen LogP contribution in [0.1, 0.15) is 37.4 Å². The number of rotatable bonds is 7. The number of aromatic nitrogens is 2. The molecular weight excluding hydrogens is 432 g/mol. The van der Waals surface area contributed by atoms with Crippen LogP contribution in [0.2, 0.25) is 0 Å². The van der Waals surface area contributed by atoms with Crippen LogP contribution in [-0.4, -0.2) is 35.5 Å². The third-order valence-electron chi connectivity index (χ3n) is 5.66. The van der Waals surface area contributed by atoms with E-state index in [4.69, 9.17) is 14.6 Å². The topological polar surface area (TPSA) is 94.5 Å². The molecule has 8 heteroatoms. The van der Waals surface area contributed by atoms with E-state index < -0.39 is 18.0 Å². The van der Waals surface area contributed by atoms with Crippen molar-refractivity contribution in [3.63, 3.8) is 0 Å². The van der Waals surface area contributed by atoms with Crippen LogP contribution in [0.15, 0.2) is 66.0 Å². The zero-order valence-corrected chi connectivity index (χ0v) is 19.7. The molecule has 0 saturated carbocycles. The van der Waals surface area contributed by atoms with Crippen LogP contribution >= 0.6 is 0 Å². The second-order valence-corrected chi connectivity index (χ2v) is 8.10. The van der Waals surface area contributed by atoms with E-state index in [-0.39, 0.29) is 0 Å². The standard InChI is InChI=1S/C26H28N4O4/c1-5-13-34-21-12-11-18(14-16(21)2)23-20(15-30(29-23)19-9-7-6-8-10-19)24-22(25(31)33-4)17(3)27-26(32)28-24/h6-12,14-15,24H,5,13H2,1-4H3,(H2,27,28,32). The third-order valence-corrected chi connectivity index (χ3v) is 5.66. The van der Waals surface area contributed by atoms with Gasteiger partial charge in [-0.2, -0.15) is 5.10 Å². The van der Waals surface area contributed by atoms with Gasteiger partial charge in [0.1, 0.15) is 5.75 Å². The first-order chi connectivity index (χ1) is 16.4. The van der Waals surface area contributed by atoms with E-state index in [1.807, 2.05) is 61.7 Å².